The number of hydrogen-bond acceptors (Lipinski definition) is 4. The fourth-order valence-corrected chi connectivity index (χ4v) is 4.78. The van der Waals surface area contributed by atoms with Crippen molar-refractivity contribution >= 4 is 0 Å². The van der Waals surface area contributed by atoms with Crippen LogP contribution in [0.2, 0.25) is 0 Å². The van der Waals surface area contributed by atoms with E-state index in [9.17, 15) is 10.2 Å². The molecule has 0 saturated heterocycles. The highest BCUT2D eigenvalue weighted by Gasteiger charge is 2.39. The molecule has 0 amide bonds. The van der Waals surface area contributed by atoms with Gasteiger partial charge in [0, 0.05) is 0 Å². The zero-order valence-electron chi connectivity index (χ0n) is 16.2. The smallest absolute Gasteiger partial charge is 0.124 e. The van der Waals surface area contributed by atoms with E-state index in [1.807, 2.05) is 60.7 Å². The Bertz CT molecular complexity index is 656. The molecule has 2 aromatic rings. The van der Waals surface area contributed by atoms with Gasteiger partial charge in [-0.2, -0.15) is 0 Å². The lowest BCUT2D eigenvalue weighted by atomic mass is 9.70. The van der Waals surface area contributed by atoms with Crippen molar-refractivity contribution < 1.29 is 19.7 Å². The minimum absolute atomic E-state index is 0.138. The van der Waals surface area contributed by atoms with Crippen molar-refractivity contribution in [3.05, 3.63) is 60.7 Å². The van der Waals surface area contributed by atoms with E-state index in [1.165, 1.54) is 0 Å². The normalized spacial score (nSPS) is 33.2. The molecule has 2 aromatic carbocycles. The summed E-state index contributed by atoms with van der Waals surface area (Å²) in [6.07, 6.45) is 4.12. The predicted octanol–water partition coefficient (Wildman–Crippen LogP) is 4.20. The second kappa shape index (κ2) is 8.97. The third kappa shape index (κ3) is 4.68. The second-order valence-corrected chi connectivity index (χ2v) is 8.22. The van der Waals surface area contributed by atoms with Crippen LogP contribution in [0.1, 0.15) is 38.5 Å². The Morgan fingerprint density at radius 3 is 1.32 bits per heavy atom. The Kier molecular flexibility index (Phi) is 6.18. The summed E-state index contributed by atoms with van der Waals surface area (Å²) in [6, 6.07) is 19.5. The molecule has 4 rings (SSSR count). The number of ether oxygens (including phenoxy) is 2. The number of aliphatic hydroxyl groups excluding tert-OH is 2. The molecule has 0 aromatic heterocycles. The van der Waals surface area contributed by atoms with E-state index in [0.29, 0.717) is 11.8 Å². The summed E-state index contributed by atoms with van der Waals surface area (Å²) in [5, 5.41) is 21.3. The molecule has 6 atom stereocenters. The van der Waals surface area contributed by atoms with Gasteiger partial charge in [0.2, 0.25) is 0 Å². The van der Waals surface area contributed by atoms with Gasteiger partial charge in [-0.25, -0.2) is 0 Å². The van der Waals surface area contributed by atoms with E-state index in [1.54, 1.807) is 0 Å². The number of rotatable bonds is 5. The predicted molar refractivity (Wildman–Crippen MR) is 108 cm³/mol. The SMILES string of the molecule is OC1CC(C2CCC(Oc3ccccc3)C(O)C2)CCC1Oc1ccccc1. The first-order valence-corrected chi connectivity index (χ1v) is 10.5. The highest BCUT2D eigenvalue weighted by Crippen LogP contribution is 2.40. The van der Waals surface area contributed by atoms with Gasteiger partial charge < -0.3 is 19.7 Å². The first kappa shape index (κ1) is 19.3. The largest absolute Gasteiger partial charge is 0.488 e. The fraction of sp³-hybridized carbons (Fsp3) is 0.500. The molecule has 2 saturated carbocycles. The Morgan fingerprint density at radius 2 is 0.964 bits per heavy atom. The van der Waals surface area contributed by atoms with Gasteiger partial charge in [-0.15, -0.1) is 0 Å². The highest BCUT2D eigenvalue weighted by molar-refractivity contribution is 5.22. The summed E-state index contributed by atoms with van der Waals surface area (Å²) in [6.45, 7) is 0. The molecule has 2 N–H and O–H groups in total. The maximum absolute atomic E-state index is 10.6. The van der Waals surface area contributed by atoms with Crippen molar-refractivity contribution in [1.29, 1.82) is 0 Å². The number of hydrogen-bond donors (Lipinski definition) is 2. The van der Waals surface area contributed by atoms with Gasteiger partial charge in [0.1, 0.15) is 23.7 Å². The third-order valence-corrected chi connectivity index (χ3v) is 6.32. The summed E-state index contributed by atoms with van der Waals surface area (Å²) in [5.74, 6) is 2.52. The quantitative estimate of drug-likeness (QED) is 0.814. The molecule has 0 radical (unpaired) electrons. The molecule has 4 heteroatoms. The lowest BCUT2D eigenvalue weighted by molar-refractivity contribution is -0.0529. The van der Waals surface area contributed by atoms with Crippen LogP contribution in [0, 0.1) is 11.8 Å². The summed E-state index contributed by atoms with van der Waals surface area (Å²) in [5.41, 5.74) is 0. The number of benzene rings is 2. The molecular formula is C24H30O4. The van der Waals surface area contributed by atoms with E-state index in [0.717, 1.165) is 50.0 Å². The van der Waals surface area contributed by atoms with Crippen molar-refractivity contribution in [1.82, 2.24) is 0 Å². The van der Waals surface area contributed by atoms with E-state index in [-0.39, 0.29) is 12.2 Å². The minimum Gasteiger partial charge on any atom is -0.488 e. The van der Waals surface area contributed by atoms with Gasteiger partial charge in [0.25, 0.3) is 0 Å². The van der Waals surface area contributed by atoms with Gasteiger partial charge in [0.15, 0.2) is 0 Å². The van der Waals surface area contributed by atoms with Gasteiger partial charge in [-0.05, 0) is 74.6 Å². The van der Waals surface area contributed by atoms with E-state index >= 15 is 0 Å². The molecule has 6 unspecified atom stereocenters. The molecule has 0 bridgehead atoms. The fourth-order valence-electron chi connectivity index (χ4n) is 4.78. The molecule has 2 aliphatic rings. The Hall–Kier alpha value is -2.04. The van der Waals surface area contributed by atoms with E-state index in [4.69, 9.17) is 9.47 Å². The Morgan fingerprint density at radius 1 is 0.571 bits per heavy atom. The van der Waals surface area contributed by atoms with Gasteiger partial charge in [-0.3, -0.25) is 0 Å². The van der Waals surface area contributed by atoms with Crippen molar-refractivity contribution in [2.75, 3.05) is 0 Å². The molecule has 0 aliphatic heterocycles. The maximum Gasteiger partial charge on any atom is 0.124 e. The number of aliphatic hydroxyl groups is 2. The summed E-state index contributed by atoms with van der Waals surface area (Å²) >= 11 is 0. The molecule has 28 heavy (non-hydrogen) atoms. The van der Waals surface area contributed by atoms with Crippen LogP contribution in [-0.4, -0.2) is 34.6 Å². The van der Waals surface area contributed by atoms with Gasteiger partial charge >= 0.3 is 0 Å². The first-order valence-electron chi connectivity index (χ1n) is 10.5. The van der Waals surface area contributed by atoms with Crippen LogP contribution in [0.25, 0.3) is 0 Å². The van der Waals surface area contributed by atoms with Gasteiger partial charge in [0.05, 0.1) is 12.2 Å². The molecule has 0 spiro atoms. The highest BCUT2D eigenvalue weighted by atomic mass is 16.5. The van der Waals surface area contributed by atoms with E-state index in [2.05, 4.69) is 0 Å². The zero-order valence-corrected chi connectivity index (χ0v) is 16.2. The standard InChI is InChI=1S/C24H30O4/c25-21-15-17(11-13-23(21)27-19-7-3-1-4-8-19)18-12-14-24(22(26)16-18)28-20-9-5-2-6-10-20/h1-10,17-18,21-26H,11-16H2. The Balaban J connectivity index is 1.28. The van der Waals surface area contributed by atoms with Crippen LogP contribution in [-0.2, 0) is 0 Å². The lowest BCUT2D eigenvalue weighted by Gasteiger charge is -2.41. The molecule has 0 heterocycles. The van der Waals surface area contributed by atoms with Crippen molar-refractivity contribution in [2.24, 2.45) is 11.8 Å². The second-order valence-electron chi connectivity index (χ2n) is 8.22. The molecule has 2 fully saturated rings. The monoisotopic (exact) mass is 382 g/mol. The third-order valence-electron chi connectivity index (χ3n) is 6.32. The van der Waals surface area contributed by atoms with Gasteiger partial charge in [-0.1, -0.05) is 36.4 Å². The topological polar surface area (TPSA) is 58.9 Å². The first-order chi connectivity index (χ1) is 13.7. The molecule has 150 valence electrons. The van der Waals surface area contributed by atoms with Crippen LogP contribution in [0.4, 0.5) is 0 Å². The average molecular weight is 383 g/mol. The average Bonchev–Trinajstić information content (AvgIpc) is 2.72. The lowest BCUT2D eigenvalue weighted by Crippen LogP contribution is -2.44. The maximum atomic E-state index is 10.6. The van der Waals surface area contributed by atoms with Crippen molar-refractivity contribution in [2.45, 2.75) is 62.9 Å². The summed E-state index contributed by atoms with van der Waals surface area (Å²) in [7, 11) is 0. The van der Waals surface area contributed by atoms with Crippen LogP contribution >= 0.6 is 0 Å². The molecule has 4 nitrogen and oxygen atoms in total. The molecule has 2 aliphatic carbocycles. The zero-order chi connectivity index (χ0) is 19.3. The van der Waals surface area contributed by atoms with Crippen LogP contribution < -0.4 is 9.47 Å². The van der Waals surface area contributed by atoms with Crippen LogP contribution in [0.3, 0.4) is 0 Å². The molecular weight excluding hydrogens is 352 g/mol. The summed E-state index contributed by atoms with van der Waals surface area (Å²) < 4.78 is 12.0. The minimum atomic E-state index is -0.450. The van der Waals surface area contributed by atoms with E-state index < -0.39 is 12.2 Å². The van der Waals surface area contributed by atoms with Crippen molar-refractivity contribution in [3.8, 4) is 11.5 Å². The van der Waals surface area contributed by atoms with Crippen LogP contribution in [0.15, 0.2) is 60.7 Å². The summed E-state index contributed by atoms with van der Waals surface area (Å²) in [4.78, 5) is 0. The number of para-hydroxylation sites is 2. The van der Waals surface area contributed by atoms with Crippen LogP contribution in [0.5, 0.6) is 11.5 Å². The Labute approximate surface area is 167 Å². The van der Waals surface area contributed by atoms with Crippen molar-refractivity contribution in [3.63, 3.8) is 0 Å².